The number of carbonyl (C=O) groups excluding carboxylic acids is 1. The number of alkyl halides is 5. The van der Waals surface area contributed by atoms with Crippen LogP contribution < -0.4 is 4.18 Å². The van der Waals surface area contributed by atoms with Crippen LogP contribution in [0.15, 0.2) is 24.3 Å². The minimum absolute atomic E-state index is 0.000249. The van der Waals surface area contributed by atoms with Crippen molar-refractivity contribution in [2.24, 2.45) is 0 Å². The Bertz CT molecular complexity index is 1080. The first-order chi connectivity index (χ1) is 15.9. The van der Waals surface area contributed by atoms with E-state index in [1.807, 2.05) is 13.8 Å². The minimum Gasteiger partial charge on any atom is -0.466 e. The predicted octanol–water partition coefficient (Wildman–Crippen LogP) is 6.22. The second-order valence-electron chi connectivity index (χ2n) is 7.92. The van der Waals surface area contributed by atoms with E-state index >= 15 is 0 Å². The summed E-state index contributed by atoms with van der Waals surface area (Å²) in [6, 6.07) is 4.31. The number of rotatable bonds is 6. The van der Waals surface area contributed by atoms with E-state index in [2.05, 4.69) is 4.18 Å². The Hall–Kier alpha value is -2.47. The maximum absolute atomic E-state index is 12.9. The van der Waals surface area contributed by atoms with E-state index in [0.29, 0.717) is 0 Å². The van der Waals surface area contributed by atoms with E-state index in [0.717, 1.165) is 18.2 Å². The molecule has 200 valence electrons. The highest BCUT2D eigenvalue weighted by Crippen LogP contribution is 2.38. The number of carbonyl (C=O) groups is 1. The van der Waals surface area contributed by atoms with Gasteiger partial charge < -0.3 is 14.0 Å². The first-order valence-electron chi connectivity index (χ1n) is 10.6. The molecule has 2 aromatic carbocycles. The fourth-order valence-electron chi connectivity index (χ4n) is 2.53. The lowest BCUT2D eigenvalue weighted by molar-refractivity contribution is -0.142. The molecule has 12 heteroatoms. The smallest absolute Gasteiger partial charge is 0.466 e. The minimum atomic E-state index is -6.06. The normalized spacial score (nSPS) is 11.8. The molecule has 0 atom stereocenters. The van der Waals surface area contributed by atoms with Crippen LogP contribution in [0.1, 0.15) is 64.7 Å². The molecule has 2 rings (SSSR count). The summed E-state index contributed by atoms with van der Waals surface area (Å²) in [5.41, 5.74) is -6.59. The average Bonchev–Trinajstić information content (AvgIpc) is 2.69. The van der Waals surface area contributed by atoms with Crippen molar-refractivity contribution in [1.82, 2.24) is 0 Å². The highest BCUT2D eigenvalue weighted by molar-refractivity contribution is 7.88. The van der Waals surface area contributed by atoms with Crippen molar-refractivity contribution in [1.29, 1.82) is 0 Å². The Morgan fingerprint density at radius 2 is 1.60 bits per heavy atom. The second-order valence-corrected chi connectivity index (χ2v) is 9.46. The summed E-state index contributed by atoms with van der Waals surface area (Å²) in [4.78, 5) is 11.8. The number of aliphatic hydroxyl groups is 1. The third kappa shape index (κ3) is 10.4. The lowest BCUT2D eigenvalue weighted by atomic mass is 9.97. The Balaban J connectivity index is 0.00000146. The maximum atomic E-state index is 12.9. The van der Waals surface area contributed by atoms with Crippen molar-refractivity contribution in [3.8, 4) is 5.75 Å². The predicted molar refractivity (Wildman–Crippen MR) is 123 cm³/mol. The average molecular weight is 531 g/mol. The topological polar surface area (TPSA) is 89.9 Å². The Labute approximate surface area is 202 Å². The zero-order valence-electron chi connectivity index (χ0n) is 20.6. The van der Waals surface area contributed by atoms with Crippen LogP contribution in [-0.4, -0.2) is 37.2 Å². The molecule has 0 aromatic heterocycles. The molecule has 6 nitrogen and oxygen atoms in total. The Morgan fingerprint density at radius 1 is 1.09 bits per heavy atom. The first kappa shape index (κ1) is 32.5. The Morgan fingerprint density at radius 3 is 2.03 bits per heavy atom. The van der Waals surface area contributed by atoms with Crippen molar-refractivity contribution in [2.75, 3.05) is 6.61 Å². The van der Waals surface area contributed by atoms with E-state index in [9.17, 15) is 35.2 Å². The second kappa shape index (κ2) is 13.0. The lowest BCUT2D eigenvalue weighted by Gasteiger charge is -2.17. The summed E-state index contributed by atoms with van der Waals surface area (Å²) < 4.78 is 96.4. The van der Waals surface area contributed by atoms with Gasteiger partial charge in [-0.25, -0.2) is 8.78 Å². The van der Waals surface area contributed by atoms with Crippen LogP contribution >= 0.6 is 0 Å². The molecule has 2 aromatic rings. The van der Waals surface area contributed by atoms with E-state index in [1.165, 1.54) is 19.9 Å². The SMILES string of the molecule is CC.CC(C)(C)O.CCOC(=O)Cc1c(C)cc2cc(C(F)F)ccc2c1OS(=O)(=O)C(F)(F)F. The van der Waals surface area contributed by atoms with Crippen LogP contribution in [0.3, 0.4) is 0 Å². The number of hydrogen-bond donors (Lipinski definition) is 1. The molecular weight excluding hydrogens is 499 g/mol. The van der Waals surface area contributed by atoms with Gasteiger partial charge in [0.05, 0.1) is 18.6 Å². The summed E-state index contributed by atoms with van der Waals surface area (Å²) in [5, 5.41) is 8.39. The fraction of sp³-hybridized carbons (Fsp3) is 0.522. The van der Waals surface area contributed by atoms with Gasteiger partial charge in [-0.1, -0.05) is 32.0 Å². The number of fused-ring (bicyclic) bond motifs is 1. The van der Waals surface area contributed by atoms with Gasteiger partial charge in [0.2, 0.25) is 0 Å². The molecule has 0 heterocycles. The number of aryl methyl sites for hydroxylation is 1. The van der Waals surface area contributed by atoms with Gasteiger partial charge in [-0.3, -0.25) is 4.79 Å². The standard InChI is InChI=1S/C17H15F5O5S.C4H10O.C2H6/c1-3-26-14(23)8-13-9(2)6-11-7-10(16(18)19)4-5-12(11)15(13)27-28(24,25)17(20,21)22;1-4(2,3)5;1-2/h4-7,16H,3,8H2,1-2H3;5H,1-3H3;1-2H3. The van der Waals surface area contributed by atoms with E-state index in [4.69, 9.17) is 9.84 Å². The van der Waals surface area contributed by atoms with Gasteiger partial charge in [-0.15, -0.1) is 0 Å². The first-order valence-corrected chi connectivity index (χ1v) is 12.0. The molecule has 0 spiro atoms. The van der Waals surface area contributed by atoms with Gasteiger partial charge in [-0.2, -0.15) is 21.6 Å². The quantitative estimate of drug-likeness (QED) is 0.206. The van der Waals surface area contributed by atoms with Crippen molar-refractivity contribution in [3.63, 3.8) is 0 Å². The van der Waals surface area contributed by atoms with Gasteiger partial charge in [0, 0.05) is 16.5 Å². The Kier molecular flexibility index (Phi) is 12.1. The molecular formula is C23H31F5O6S. The highest BCUT2D eigenvalue weighted by Gasteiger charge is 2.49. The van der Waals surface area contributed by atoms with Gasteiger partial charge in [-0.05, 0) is 51.6 Å². The van der Waals surface area contributed by atoms with Crippen LogP contribution in [0.5, 0.6) is 5.75 Å². The molecule has 35 heavy (non-hydrogen) atoms. The molecule has 0 aliphatic carbocycles. The van der Waals surface area contributed by atoms with Crippen LogP contribution in [0.4, 0.5) is 22.0 Å². The van der Waals surface area contributed by atoms with Crippen LogP contribution in [0, 0.1) is 6.92 Å². The summed E-state index contributed by atoms with van der Waals surface area (Å²) in [6.45, 7) is 12.1. The molecule has 0 fully saturated rings. The van der Waals surface area contributed by atoms with Crippen molar-refractivity contribution < 1.29 is 49.2 Å². The van der Waals surface area contributed by atoms with Crippen molar-refractivity contribution >= 4 is 26.9 Å². The summed E-state index contributed by atoms with van der Waals surface area (Å²) >= 11 is 0. The number of ether oxygens (including phenoxy) is 1. The highest BCUT2D eigenvalue weighted by atomic mass is 32.2. The fourth-order valence-corrected chi connectivity index (χ4v) is 3.04. The monoisotopic (exact) mass is 530 g/mol. The number of hydrogen-bond acceptors (Lipinski definition) is 6. The molecule has 0 amide bonds. The third-order valence-corrected chi connectivity index (χ3v) is 4.75. The van der Waals surface area contributed by atoms with Crippen LogP contribution in [0.2, 0.25) is 0 Å². The largest absolute Gasteiger partial charge is 0.534 e. The maximum Gasteiger partial charge on any atom is 0.534 e. The molecule has 0 saturated carbocycles. The molecule has 0 bridgehead atoms. The molecule has 0 radical (unpaired) electrons. The zero-order valence-corrected chi connectivity index (χ0v) is 21.4. The summed E-state index contributed by atoms with van der Waals surface area (Å²) in [6.07, 6.45) is -3.40. The number of esters is 1. The van der Waals surface area contributed by atoms with Gasteiger partial charge in [0.1, 0.15) is 0 Å². The lowest BCUT2D eigenvalue weighted by Crippen LogP contribution is -2.28. The van der Waals surface area contributed by atoms with Crippen molar-refractivity contribution in [3.05, 3.63) is 41.0 Å². The van der Waals surface area contributed by atoms with E-state index in [-0.39, 0.29) is 28.5 Å². The van der Waals surface area contributed by atoms with Crippen LogP contribution in [-0.2, 0) is 26.1 Å². The third-order valence-electron chi connectivity index (χ3n) is 3.80. The number of halogens is 5. The van der Waals surface area contributed by atoms with Gasteiger partial charge >= 0.3 is 21.6 Å². The van der Waals surface area contributed by atoms with E-state index < -0.39 is 51.4 Å². The summed E-state index contributed by atoms with van der Waals surface area (Å²) in [7, 11) is -6.06. The molecule has 0 aliphatic heterocycles. The van der Waals surface area contributed by atoms with Crippen molar-refractivity contribution in [2.45, 2.75) is 72.4 Å². The molecule has 1 N–H and O–H groups in total. The van der Waals surface area contributed by atoms with Gasteiger partial charge in [0.15, 0.2) is 5.75 Å². The molecule has 0 aliphatic rings. The number of benzene rings is 2. The van der Waals surface area contributed by atoms with Crippen LogP contribution in [0.25, 0.3) is 10.8 Å². The molecule has 0 unspecified atom stereocenters. The van der Waals surface area contributed by atoms with Gasteiger partial charge in [0.25, 0.3) is 6.43 Å². The molecule has 0 saturated heterocycles. The van der Waals surface area contributed by atoms with E-state index in [1.54, 1.807) is 20.8 Å². The summed E-state index contributed by atoms with van der Waals surface area (Å²) in [5.74, 6) is -1.57. The zero-order chi connectivity index (χ0) is 27.8.